The highest BCUT2D eigenvalue weighted by Gasteiger charge is 2.30. The lowest BCUT2D eigenvalue weighted by Gasteiger charge is -2.10. The van der Waals surface area contributed by atoms with E-state index in [0.29, 0.717) is 0 Å². The molecule has 11 heteroatoms. The zero-order valence-corrected chi connectivity index (χ0v) is 16.7. The van der Waals surface area contributed by atoms with Crippen LogP contribution in [-0.4, -0.2) is 22.7 Å². The molecule has 0 aliphatic heterocycles. The molecule has 2 aromatic carbocycles. The van der Waals surface area contributed by atoms with Crippen LogP contribution in [0.4, 0.5) is 29.7 Å². The number of benzene rings is 2. The third kappa shape index (κ3) is 5.89. The van der Waals surface area contributed by atoms with Crippen molar-refractivity contribution in [3.05, 3.63) is 70.7 Å². The summed E-state index contributed by atoms with van der Waals surface area (Å²) in [7, 11) is 0. The lowest BCUT2D eigenvalue weighted by Crippen LogP contribution is -2.15. The van der Waals surface area contributed by atoms with Crippen LogP contribution in [0.25, 0.3) is 0 Å². The molecule has 0 atom stereocenters. The summed E-state index contributed by atoms with van der Waals surface area (Å²) in [5.41, 5.74) is -0.397. The van der Waals surface area contributed by atoms with Crippen molar-refractivity contribution in [2.24, 2.45) is 0 Å². The van der Waals surface area contributed by atoms with Crippen molar-refractivity contribution >= 4 is 45.6 Å². The fourth-order valence-corrected chi connectivity index (χ4v) is 3.23. The van der Waals surface area contributed by atoms with Crippen LogP contribution < -0.4 is 16.0 Å². The van der Waals surface area contributed by atoms with Gasteiger partial charge < -0.3 is 16.0 Å². The zero-order valence-electron chi connectivity index (χ0n) is 15.9. The molecule has 0 bridgehead atoms. The molecule has 3 N–H and O–H groups in total. The molecule has 160 valence electrons. The molecule has 0 fully saturated rings. The number of aromatic nitrogens is 1. The summed E-state index contributed by atoms with van der Waals surface area (Å²) >= 11 is 1.08. The quantitative estimate of drug-likeness (QED) is 0.530. The Morgan fingerprint density at radius 3 is 2.23 bits per heavy atom. The van der Waals surface area contributed by atoms with Gasteiger partial charge in [0, 0.05) is 29.2 Å². The van der Waals surface area contributed by atoms with Crippen LogP contribution in [-0.2, 0) is 11.0 Å². The van der Waals surface area contributed by atoms with Crippen molar-refractivity contribution in [3.8, 4) is 0 Å². The van der Waals surface area contributed by atoms with Gasteiger partial charge in [-0.15, -0.1) is 11.3 Å². The first-order chi connectivity index (χ1) is 14.6. The molecule has 1 aromatic heterocycles. The van der Waals surface area contributed by atoms with Crippen LogP contribution in [0.3, 0.4) is 0 Å². The van der Waals surface area contributed by atoms with Crippen molar-refractivity contribution in [2.75, 3.05) is 16.0 Å². The second kappa shape index (κ2) is 8.96. The summed E-state index contributed by atoms with van der Waals surface area (Å²) in [6.45, 7) is 1.32. The van der Waals surface area contributed by atoms with Crippen LogP contribution in [0.5, 0.6) is 0 Å². The van der Waals surface area contributed by atoms with Gasteiger partial charge in [0.25, 0.3) is 11.8 Å². The predicted molar refractivity (Wildman–Crippen MR) is 110 cm³/mol. The molecular formula is C20H15F3N4O3S. The summed E-state index contributed by atoms with van der Waals surface area (Å²) in [6, 6.07) is 10.2. The van der Waals surface area contributed by atoms with Gasteiger partial charge in [-0.2, -0.15) is 13.2 Å². The van der Waals surface area contributed by atoms with E-state index in [-0.39, 0.29) is 33.7 Å². The minimum atomic E-state index is -4.53. The van der Waals surface area contributed by atoms with Gasteiger partial charge in [0.1, 0.15) is 5.69 Å². The largest absolute Gasteiger partial charge is 0.416 e. The van der Waals surface area contributed by atoms with Crippen LogP contribution in [0.15, 0.2) is 53.9 Å². The molecule has 0 unspecified atom stereocenters. The fraction of sp³-hybridized carbons (Fsp3) is 0.100. The second-order valence-corrected chi connectivity index (χ2v) is 7.14. The Morgan fingerprint density at radius 1 is 0.903 bits per heavy atom. The number of nitrogens with one attached hydrogen (secondary N) is 3. The number of thiazole rings is 1. The molecule has 31 heavy (non-hydrogen) atoms. The molecule has 3 amide bonds. The molecule has 1 heterocycles. The predicted octanol–water partition coefficient (Wildman–Crippen LogP) is 4.62. The Morgan fingerprint density at radius 2 is 1.55 bits per heavy atom. The highest BCUT2D eigenvalue weighted by atomic mass is 32.1. The van der Waals surface area contributed by atoms with Crippen LogP contribution in [0.1, 0.15) is 33.3 Å². The third-order valence-electron chi connectivity index (χ3n) is 3.85. The van der Waals surface area contributed by atoms with Gasteiger partial charge in [0.15, 0.2) is 5.13 Å². The van der Waals surface area contributed by atoms with Crippen LogP contribution in [0, 0.1) is 0 Å². The molecule has 0 spiro atoms. The number of hydrogen-bond donors (Lipinski definition) is 3. The maximum Gasteiger partial charge on any atom is 0.416 e. The number of carbonyl (C=O) groups is 3. The fourth-order valence-electron chi connectivity index (χ4n) is 2.50. The van der Waals surface area contributed by atoms with E-state index in [2.05, 4.69) is 20.9 Å². The van der Waals surface area contributed by atoms with E-state index in [1.165, 1.54) is 42.6 Å². The van der Waals surface area contributed by atoms with E-state index >= 15 is 0 Å². The number of nitrogens with zero attached hydrogens (tertiary/aromatic N) is 1. The van der Waals surface area contributed by atoms with Gasteiger partial charge in [-0.1, -0.05) is 12.1 Å². The van der Waals surface area contributed by atoms with E-state index in [4.69, 9.17) is 0 Å². The van der Waals surface area contributed by atoms with E-state index in [9.17, 15) is 27.6 Å². The average Bonchev–Trinajstić information content (AvgIpc) is 3.15. The van der Waals surface area contributed by atoms with Crippen molar-refractivity contribution in [3.63, 3.8) is 0 Å². The summed E-state index contributed by atoms with van der Waals surface area (Å²) in [4.78, 5) is 39.8. The lowest BCUT2D eigenvalue weighted by atomic mass is 10.1. The monoisotopic (exact) mass is 448 g/mol. The summed E-state index contributed by atoms with van der Waals surface area (Å²) in [5.74, 6) is -1.51. The number of anilines is 3. The van der Waals surface area contributed by atoms with Crippen LogP contribution in [0.2, 0.25) is 0 Å². The summed E-state index contributed by atoms with van der Waals surface area (Å²) in [6.07, 6.45) is -4.53. The van der Waals surface area contributed by atoms with Gasteiger partial charge in [-0.3, -0.25) is 14.4 Å². The number of hydrogen-bond acceptors (Lipinski definition) is 5. The topological polar surface area (TPSA) is 100 Å². The lowest BCUT2D eigenvalue weighted by molar-refractivity contribution is -0.137. The van der Waals surface area contributed by atoms with Gasteiger partial charge >= 0.3 is 6.18 Å². The minimum Gasteiger partial charge on any atom is -0.322 e. The molecule has 0 aliphatic rings. The molecule has 0 saturated heterocycles. The van der Waals surface area contributed by atoms with E-state index in [1.807, 2.05) is 0 Å². The van der Waals surface area contributed by atoms with Gasteiger partial charge in [0.2, 0.25) is 5.91 Å². The van der Waals surface area contributed by atoms with Crippen molar-refractivity contribution in [2.45, 2.75) is 13.1 Å². The Labute approximate surface area is 178 Å². The average molecular weight is 448 g/mol. The van der Waals surface area contributed by atoms with Crippen LogP contribution >= 0.6 is 11.3 Å². The smallest absolute Gasteiger partial charge is 0.322 e. The molecule has 3 aromatic rings. The normalized spacial score (nSPS) is 11.0. The summed E-state index contributed by atoms with van der Waals surface area (Å²) < 4.78 is 38.5. The first-order valence-electron chi connectivity index (χ1n) is 8.75. The number of rotatable bonds is 5. The first-order valence-corrected chi connectivity index (χ1v) is 9.63. The van der Waals surface area contributed by atoms with Crippen molar-refractivity contribution in [1.82, 2.24) is 4.98 Å². The van der Waals surface area contributed by atoms with E-state index in [1.54, 1.807) is 6.07 Å². The SMILES string of the molecule is CC(=O)Nc1nc(C(=O)Nc2cccc(C(=O)Nc3cccc(C(F)(F)F)c3)c2)cs1. The standard InChI is InChI=1S/C20H15F3N4O3S/c1-11(28)24-19-27-16(10-31-19)18(30)26-14-6-2-4-12(8-14)17(29)25-15-7-3-5-13(9-15)20(21,22)23/h2-10H,1H3,(H,25,29)(H,26,30)(H,24,27,28). The zero-order chi connectivity index (χ0) is 22.6. The molecule has 0 aliphatic carbocycles. The Hall–Kier alpha value is -3.73. The molecular weight excluding hydrogens is 433 g/mol. The third-order valence-corrected chi connectivity index (χ3v) is 4.61. The van der Waals surface area contributed by atoms with E-state index < -0.39 is 23.6 Å². The minimum absolute atomic E-state index is 0.0118. The maximum atomic E-state index is 12.8. The number of carbonyl (C=O) groups excluding carboxylic acids is 3. The Balaban J connectivity index is 1.70. The van der Waals surface area contributed by atoms with Crippen molar-refractivity contribution < 1.29 is 27.6 Å². The summed E-state index contributed by atoms with van der Waals surface area (Å²) in [5, 5.41) is 9.18. The van der Waals surface area contributed by atoms with E-state index in [0.717, 1.165) is 23.5 Å². The molecule has 0 radical (unpaired) electrons. The molecule has 3 rings (SSSR count). The van der Waals surface area contributed by atoms with Gasteiger partial charge in [0.05, 0.1) is 5.56 Å². The number of alkyl halides is 3. The Kier molecular flexibility index (Phi) is 6.35. The maximum absolute atomic E-state index is 12.8. The molecule has 0 saturated carbocycles. The highest BCUT2D eigenvalue weighted by Crippen LogP contribution is 2.30. The Bertz CT molecular complexity index is 1140. The highest BCUT2D eigenvalue weighted by molar-refractivity contribution is 7.14. The number of halogens is 3. The van der Waals surface area contributed by atoms with Crippen molar-refractivity contribution in [1.29, 1.82) is 0 Å². The van der Waals surface area contributed by atoms with Gasteiger partial charge in [-0.25, -0.2) is 4.98 Å². The number of amides is 3. The molecule has 7 nitrogen and oxygen atoms in total. The van der Waals surface area contributed by atoms with Gasteiger partial charge in [-0.05, 0) is 36.4 Å². The first kappa shape index (κ1) is 22.0. The second-order valence-electron chi connectivity index (χ2n) is 6.29.